The van der Waals surface area contributed by atoms with Crippen LogP contribution in [0.5, 0.6) is 0 Å². The molecule has 0 saturated carbocycles. The van der Waals surface area contributed by atoms with E-state index in [1.807, 2.05) is 30.0 Å². The van der Waals surface area contributed by atoms with Crippen LogP contribution in [0, 0.1) is 5.92 Å². The van der Waals surface area contributed by atoms with Crippen molar-refractivity contribution in [3.8, 4) is 0 Å². The van der Waals surface area contributed by atoms with Gasteiger partial charge in [0, 0.05) is 132 Å². The van der Waals surface area contributed by atoms with E-state index in [2.05, 4.69) is 31.6 Å². The molecule has 3 saturated heterocycles. The van der Waals surface area contributed by atoms with Crippen LogP contribution in [0.15, 0.2) is 53.5 Å². The molecule has 4 aliphatic rings. The number of amides is 9. The van der Waals surface area contributed by atoms with Crippen LogP contribution >= 0.6 is 35.3 Å². The molecule has 2 aromatic carbocycles. The van der Waals surface area contributed by atoms with Gasteiger partial charge < -0.3 is 67.3 Å². The number of carbonyl (C=O) groups is 13. The van der Waals surface area contributed by atoms with E-state index in [-0.39, 0.29) is 166 Å². The normalized spacial score (nSPS) is 23.2. The van der Waals surface area contributed by atoms with Crippen molar-refractivity contribution in [2.24, 2.45) is 16.6 Å². The monoisotopic (exact) mass is 1470 g/mol. The molecule has 4 heterocycles. The Morgan fingerprint density at radius 2 is 1.16 bits per heavy atom. The van der Waals surface area contributed by atoms with Gasteiger partial charge >= 0.3 is 23.9 Å². The minimum absolute atomic E-state index is 0.0251. The number of carboxylic acid groups (broad SMARTS) is 4. The molecule has 7 atom stereocenters. The molecule has 34 heteroatoms. The highest BCUT2D eigenvalue weighted by molar-refractivity contribution is 7.99. The summed E-state index contributed by atoms with van der Waals surface area (Å²) in [5.74, 6) is -10.0. The summed E-state index contributed by atoms with van der Waals surface area (Å²) in [4.78, 5) is 188. The fourth-order valence-corrected chi connectivity index (χ4v) is 14.9. The molecule has 2 aromatic rings. The first-order valence-corrected chi connectivity index (χ1v) is 37.5. The zero-order valence-corrected chi connectivity index (χ0v) is 59.8. The molecular formula is C67H97N13O18S3. The minimum Gasteiger partial charge on any atom is -0.480 e. The number of fused-ring (bicyclic) bond motifs is 4. The maximum absolute atomic E-state index is 14.9. The van der Waals surface area contributed by atoms with Gasteiger partial charge in [-0.2, -0.15) is 35.3 Å². The van der Waals surface area contributed by atoms with Crippen LogP contribution in [0.4, 0.5) is 0 Å². The standard InChI is InChI=1S/C67H97N13O18S3/c1-3-27-98-38-57(83)70-33-48-42-100-40-46-29-45(39-99-28-16-69-56(82)34-75-19-21-76(35-58(84)85)23-25-78(37-60(88)89)26-24-77(22-20-75)36-59(86)87)30-47(31-46)41-101-43-52(67(96)97)74-63(92)51(32-44-10-6-5-7-11-44)73-62(91)50(14-15-55(68)81)72-61(90)49(4-2)71-64(93)53-12-8-17-79(53)66(95)54-13-9-18-80(54)65(48)94/h5-7,10-11,29-31,33,48-54H,3-4,8-9,12-28,32,34-43H2,1-2H3,(H2,68,81)(H,69,82)(H,71,93)(H,72,90)(H,73,91)(H,74,92)(H,84,85)(H,86,87)(H,88,89)(H,96,97)/t48?,49-,50-,51-,52-,53-,54-/m0/s1. The van der Waals surface area contributed by atoms with Gasteiger partial charge in [-0.3, -0.25) is 77.1 Å². The number of aliphatic carboxylic acids is 4. The summed E-state index contributed by atoms with van der Waals surface area (Å²) in [6.45, 7) is 5.02. The number of carboxylic acids is 4. The van der Waals surface area contributed by atoms with Crippen LogP contribution in [0.1, 0.15) is 87.5 Å². The van der Waals surface area contributed by atoms with Crippen molar-refractivity contribution in [1.82, 2.24) is 56.0 Å². The number of rotatable bonds is 25. The Kier molecular flexibility index (Phi) is 35.2. The van der Waals surface area contributed by atoms with Gasteiger partial charge in [0.05, 0.1) is 32.1 Å². The minimum atomic E-state index is -1.48. The molecule has 3 fully saturated rings. The number of hydrogen-bond acceptors (Lipinski definition) is 21. The molecule has 31 nitrogen and oxygen atoms in total. The summed E-state index contributed by atoms with van der Waals surface area (Å²) in [6, 6.07) is 6.85. The van der Waals surface area contributed by atoms with Crippen LogP contribution < -0.4 is 32.3 Å². The van der Waals surface area contributed by atoms with E-state index in [1.54, 1.807) is 52.0 Å². The number of ether oxygens (including phenoxy) is 1. The molecule has 0 radical (unpaired) electrons. The second-order valence-corrected chi connectivity index (χ2v) is 28.4. The maximum atomic E-state index is 14.9. The Morgan fingerprint density at radius 3 is 1.71 bits per heavy atom. The average Bonchev–Trinajstić information content (AvgIpc) is 1.68. The van der Waals surface area contributed by atoms with Crippen LogP contribution in [0.3, 0.4) is 0 Å². The molecular weight excluding hydrogens is 1370 g/mol. The van der Waals surface area contributed by atoms with Crippen molar-refractivity contribution < 1.29 is 87.5 Å². The topological polar surface area (TPSA) is 430 Å². The molecule has 0 spiro atoms. The van der Waals surface area contributed by atoms with Crippen molar-refractivity contribution in [2.75, 3.05) is 129 Å². The predicted octanol–water partition coefficient (Wildman–Crippen LogP) is -0.444. The smallest absolute Gasteiger partial charge is 0.327 e. The number of nitrogens with zero attached hydrogens (tertiary/aromatic N) is 7. The van der Waals surface area contributed by atoms with Crippen molar-refractivity contribution in [2.45, 2.75) is 125 Å². The fourth-order valence-electron chi connectivity index (χ4n) is 12.1. The number of hydrogen-bond donors (Lipinski definition) is 10. The van der Waals surface area contributed by atoms with E-state index in [0.29, 0.717) is 48.7 Å². The third-order valence-corrected chi connectivity index (χ3v) is 20.5. The number of aliphatic imine (C=N–C) groups is 1. The number of benzene rings is 2. The SMILES string of the molecule is CCCOCC(=O)N=CC1CSCc2cc(CSCCNC(=O)CN3CCN(CC(=O)O)CCN(CC(=O)O)CCN(CC(=O)O)CC3)cc(c2)CSC[C@@H](C(=O)O)NC(=O)[C@H](Cc2ccccc2)NC(=O)[C@H](CCC(N)=O)NC(=O)[C@H](CC)NC(=O)[C@@H]2CCCN2C(=O)[C@@H]2CCCN2C1=O. The highest BCUT2D eigenvalue weighted by atomic mass is 32.2. The molecule has 101 heavy (non-hydrogen) atoms. The number of primary amides is 1. The van der Waals surface area contributed by atoms with Gasteiger partial charge in [-0.05, 0) is 67.2 Å². The number of nitrogens with one attached hydrogen (secondary N) is 5. The summed E-state index contributed by atoms with van der Waals surface area (Å²) in [7, 11) is 0. The van der Waals surface area contributed by atoms with Crippen molar-refractivity contribution in [3.05, 3.63) is 70.8 Å². The Hall–Kier alpha value is -7.73. The molecule has 2 bridgehead atoms. The first kappa shape index (κ1) is 82.2. The van der Waals surface area contributed by atoms with Gasteiger partial charge in [-0.1, -0.05) is 62.4 Å². The molecule has 0 aliphatic carbocycles. The van der Waals surface area contributed by atoms with Gasteiger partial charge in [-0.15, -0.1) is 0 Å². The fraction of sp³-hybridized carbons (Fsp3) is 0.612. The van der Waals surface area contributed by atoms with E-state index >= 15 is 0 Å². The summed E-state index contributed by atoms with van der Waals surface area (Å²) in [6.07, 6.45) is 2.59. The first-order valence-electron chi connectivity index (χ1n) is 34.1. The van der Waals surface area contributed by atoms with Gasteiger partial charge in [0.2, 0.25) is 47.3 Å². The lowest BCUT2D eigenvalue weighted by atomic mass is 10.0. The van der Waals surface area contributed by atoms with Crippen LogP contribution in [0.2, 0.25) is 0 Å². The second-order valence-electron chi connectivity index (χ2n) is 25.3. The van der Waals surface area contributed by atoms with Crippen LogP contribution in [0.25, 0.3) is 0 Å². The lowest BCUT2D eigenvalue weighted by Gasteiger charge is -2.32. The zero-order chi connectivity index (χ0) is 73.4. The number of carbonyl (C=O) groups excluding carboxylic acids is 9. The third kappa shape index (κ3) is 28.9. The average molecular weight is 1470 g/mol. The Bertz CT molecular complexity index is 3180. The van der Waals surface area contributed by atoms with Crippen molar-refractivity contribution in [3.63, 3.8) is 0 Å². The lowest BCUT2D eigenvalue weighted by molar-refractivity contribution is -0.147. The van der Waals surface area contributed by atoms with E-state index < -0.39 is 113 Å². The van der Waals surface area contributed by atoms with Gasteiger partial charge in [-0.25, -0.2) is 9.79 Å². The second kappa shape index (κ2) is 43.3. The maximum Gasteiger partial charge on any atom is 0.327 e. The van der Waals surface area contributed by atoms with Crippen LogP contribution in [-0.2, 0) is 90.7 Å². The molecule has 9 amide bonds. The third-order valence-electron chi connectivity index (χ3n) is 17.3. The lowest BCUT2D eigenvalue weighted by Crippen LogP contribution is -2.59. The Labute approximate surface area is 600 Å². The highest BCUT2D eigenvalue weighted by Crippen LogP contribution is 2.29. The zero-order valence-electron chi connectivity index (χ0n) is 57.3. The quantitative estimate of drug-likeness (QED) is 0.0445. The Balaban J connectivity index is 1.26. The summed E-state index contributed by atoms with van der Waals surface area (Å²) in [5, 5.41) is 53.0. The molecule has 556 valence electrons. The molecule has 11 N–H and O–H groups in total. The van der Waals surface area contributed by atoms with Crippen molar-refractivity contribution in [1.29, 1.82) is 0 Å². The van der Waals surface area contributed by atoms with Crippen LogP contribution in [-0.4, -0.2) is 298 Å². The summed E-state index contributed by atoms with van der Waals surface area (Å²) in [5.41, 5.74) is 8.56. The highest BCUT2D eigenvalue weighted by Gasteiger charge is 2.44. The predicted molar refractivity (Wildman–Crippen MR) is 378 cm³/mol. The molecule has 1 unspecified atom stereocenters. The van der Waals surface area contributed by atoms with Gasteiger partial charge in [0.25, 0.3) is 5.91 Å². The van der Waals surface area contributed by atoms with E-state index in [4.69, 9.17) is 10.5 Å². The molecule has 0 aromatic heterocycles. The van der Waals surface area contributed by atoms with E-state index in [0.717, 1.165) is 16.7 Å². The molecule has 6 rings (SSSR count). The Morgan fingerprint density at radius 1 is 0.634 bits per heavy atom. The first-order chi connectivity index (χ1) is 48.4. The van der Waals surface area contributed by atoms with Gasteiger partial charge in [0.15, 0.2) is 0 Å². The summed E-state index contributed by atoms with van der Waals surface area (Å²) < 4.78 is 5.44. The summed E-state index contributed by atoms with van der Waals surface area (Å²) >= 11 is 4.10. The largest absolute Gasteiger partial charge is 0.480 e. The number of thioether (sulfide) groups is 3. The molecule has 4 aliphatic heterocycles. The van der Waals surface area contributed by atoms with Gasteiger partial charge in [0.1, 0.15) is 42.9 Å². The number of nitrogens with two attached hydrogens (primary N) is 1. The van der Waals surface area contributed by atoms with E-state index in [1.165, 1.54) is 51.3 Å². The van der Waals surface area contributed by atoms with Crippen molar-refractivity contribution >= 4 is 119 Å². The van der Waals surface area contributed by atoms with E-state index in [9.17, 15) is 82.8 Å².